The Hall–Kier alpha value is -2.68. The van der Waals surface area contributed by atoms with Gasteiger partial charge in [0.05, 0.1) is 18.0 Å². The number of carbonyl (C=O) groups excluding carboxylic acids is 3. The lowest BCUT2D eigenvalue weighted by Gasteiger charge is -2.16. The Kier molecular flexibility index (Phi) is 5.69. The van der Waals surface area contributed by atoms with E-state index in [0.717, 1.165) is 4.88 Å². The first kappa shape index (κ1) is 17.7. The van der Waals surface area contributed by atoms with E-state index in [4.69, 9.17) is 4.52 Å². The van der Waals surface area contributed by atoms with E-state index < -0.39 is 5.91 Å². The maximum Gasteiger partial charge on any atom is 0.261 e. The Labute approximate surface area is 142 Å². The quantitative estimate of drug-likeness (QED) is 0.814. The number of thiophene rings is 1. The molecule has 2 heterocycles. The smallest absolute Gasteiger partial charge is 0.261 e. The summed E-state index contributed by atoms with van der Waals surface area (Å²) >= 11 is 1.35. The maximum absolute atomic E-state index is 12.0. The van der Waals surface area contributed by atoms with Crippen molar-refractivity contribution in [3.8, 4) is 0 Å². The van der Waals surface area contributed by atoms with Crippen molar-refractivity contribution in [1.82, 2.24) is 15.4 Å². The SMILES string of the molecule is Cc1cc(NC(=O)CN(C)C(=O)CNC(=O)c2ccc(C)s2)no1. The fourth-order valence-corrected chi connectivity index (χ4v) is 2.63. The van der Waals surface area contributed by atoms with Crippen LogP contribution in [0.1, 0.15) is 20.3 Å². The summed E-state index contributed by atoms with van der Waals surface area (Å²) in [6, 6.07) is 5.11. The lowest BCUT2D eigenvalue weighted by atomic mass is 10.4. The Morgan fingerprint density at radius 3 is 2.62 bits per heavy atom. The first-order valence-corrected chi connectivity index (χ1v) is 7.98. The number of anilines is 1. The number of nitrogens with zero attached hydrogens (tertiary/aromatic N) is 2. The summed E-state index contributed by atoms with van der Waals surface area (Å²) in [4.78, 5) is 38.5. The molecule has 0 aromatic carbocycles. The van der Waals surface area contributed by atoms with Gasteiger partial charge in [0.25, 0.3) is 5.91 Å². The van der Waals surface area contributed by atoms with Gasteiger partial charge in [-0.25, -0.2) is 0 Å². The summed E-state index contributed by atoms with van der Waals surface area (Å²) in [5.74, 6) is -0.221. The van der Waals surface area contributed by atoms with E-state index in [2.05, 4.69) is 15.8 Å². The normalized spacial score (nSPS) is 10.3. The van der Waals surface area contributed by atoms with Crippen molar-refractivity contribution in [2.75, 3.05) is 25.5 Å². The largest absolute Gasteiger partial charge is 0.360 e. The Bertz CT molecular complexity index is 752. The molecule has 2 aromatic heterocycles. The molecular formula is C15H18N4O4S. The van der Waals surface area contributed by atoms with Crippen molar-refractivity contribution in [3.63, 3.8) is 0 Å². The number of likely N-dealkylation sites (N-methyl/N-ethyl adjacent to an activating group) is 1. The van der Waals surface area contributed by atoms with Crippen molar-refractivity contribution < 1.29 is 18.9 Å². The first-order chi connectivity index (χ1) is 11.3. The molecule has 2 aromatic rings. The van der Waals surface area contributed by atoms with Crippen LogP contribution in [0.5, 0.6) is 0 Å². The van der Waals surface area contributed by atoms with Gasteiger partial charge >= 0.3 is 0 Å². The van der Waals surface area contributed by atoms with Crippen LogP contribution in [0.3, 0.4) is 0 Å². The molecule has 9 heteroatoms. The van der Waals surface area contributed by atoms with Crippen molar-refractivity contribution >= 4 is 34.9 Å². The average Bonchev–Trinajstić information content (AvgIpc) is 3.12. The zero-order valence-electron chi connectivity index (χ0n) is 13.6. The minimum atomic E-state index is -0.403. The van der Waals surface area contributed by atoms with Crippen LogP contribution < -0.4 is 10.6 Å². The number of nitrogens with one attached hydrogen (secondary N) is 2. The molecule has 0 spiro atoms. The molecule has 0 unspecified atom stereocenters. The molecule has 0 aliphatic carbocycles. The molecule has 0 aliphatic heterocycles. The molecule has 24 heavy (non-hydrogen) atoms. The van der Waals surface area contributed by atoms with E-state index in [1.807, 2.05) is 13.0 Å². The Balaban J connectivity index is 1.77. The second kappa shape index (κ2) is 7.73. The minimum absolute atomic E-state index is 0.154. The van der Waals surface area contributed by atoms with Crippen molar-refractivity contribution in [3.05, 3.63) is 33.7 Å². The maximum atomic E-state index is 12.0. The summed E-state index contributed by atoms with van der Waals surface area (Å²) in [7, 11) is 1.48. The molecule has 3 amide bonds. The monoisotopic (exact) mass is 350 g/mol. The van der Waals surface area contributed by atoms with E-state index in [1.165, 1.54) is 23.3 Å². The number of aryl methyl sites for hydroxylation is 2. The Morgan fingerprint density at radius 1 is 1.29 bits per heavy atom. The summed E-state index contributed by atoms with van der Waals surface area (Å²) in [6.07, 6.45) is 0. The van der Waals surface area contributed by atoms with E-state index in [-0.39, 0.29) is 24.9 Å². The topological polar surface area (TPSA) is 105 Å². The zero-order chi connectivity index (χ0) is 17.7. The molecule has 0 fully saturated rings. The molecule has 0 aliphatic rings. The third kappa shape index (κ3) is 4.92. The molecule has 2 rings (SSSR count). The van der Waals surface area contributed by atoms with E-state index in [0.29, 0.717) is 16.5 Å². The highest BCUT2D eigenvalue weighted by Crippen LogP contribution is 2.14. The fraction of sp³-hybridized carbons (Fsp3) is 0.333. The summed E-state index contributed by atoms with van der Waals surface area (Å²) in [6.45, 7) is 3.27. The van der Waals surface area contributed by atoms with Crippen LogP contribution in [0.2, 0.25) is 0 Å². The first-order valence-electron chi connectivity index (χ1n) is 7.17. The molecule has 128 valence electrons. The molecule has 8 nitrogen and oxygen atoms in total. The summed E-state index contributed by atoms with van der Waals surface area (Å²) < 4.78 is 4.83. The van der Waals surface area contributed by atoms with Crippen LogP contribution >= 0.6 is 11.3 Å². The Morgan fingerprint density at radius 2 is 2.04 bits per heavy atom. The molecule has 0 atom stereocenters. The highest BCUT2D eigenvalue weighted by atomic mass is 32.1. The lowest BCUT2D eigenvalue weighted by Crippen LogP contribution is -2.41. The van der Waals surface area contributed by atoms with Gasteiger partial charge < -0.3 is 20.1 Å². The standard InChI is InChI=1S/C15H18N4O4S/c1-9-6-12(18-23-9)17-13(20)8-19(3)14(21)7-16-15(22)11-5-4-10(2)24-11/h4-6H,7-8H2,1-3H3,(H,16,22)(H,17,18,20). The van der Waals surface area contributed by atoms with Crippen molar-refractivity contribution in [2.24, 2.45) is 0 Å². The third-order valence-corrected chi connectivity index (χ3v) is 4.07. The molecule has 0 saturated carbocycles. The van der Waals surface area contributed by atoms with Gasteiger partial charge in [0.2, 0.25) is 11.8 Å². The van der Waals surface area contributed by atoms with Crippen molar-refractivity contribution in [1.29, 1.82) is 0 Å². The predicted octanol–water partition coefficient (Wildman–Crippen LogP) is 1.18. The number of carbonyl (C=O) groups is 3. The molecule has 0 radical (unpaired) electrons. The summed E-state index contributed by atoms with van der Waals surface area (Å²) in [5, 5.41) is 8.70. The predicted molar refractivity (Wildman–Crippen MR) is 88.9 cm³/mol. The van der Waals surface area contributed by atoms with Crippen LogP contribution in [-0.4, -0.2) is 47.9 Å². The molecular weight excluding hydrogens is 332 g/mol. The van der Waals surface area contributed by atoms with Gasteiger partial charge in [-0.15, -0.1) is 11.3 Å². The minimum Gasteiger partial charge on any atom is -0.360 e. The van der Waals surface area contributed by atoms with Crippen LogP contribution in [0.25, 0.3) is 0 Å². The third-order valence-electron chi connectivity index (χ3n) is 3.07. The zero-order valence-corrected chi connectivity index (χ0v) is 14.4. The number of hydrogen-bond acceptors (Lipinski definition) is 6. The van der Waals surface area contributed by atoms with Crippen molar-refractivity contribution in [2.45, 2.75) is 13.8 Å². The van der Waals surface area contributed by atoms with E-state index in [1.54, 1.807) is 19.1 Å². The van der Waals surface area contributed by atoms with Crippen LogP contribution in [0.15, 0.2) is 22.7 Å². The summed E-state index contributed by atoms with van der Waals surface area (Å²) in [5.41, 5.74) is 0. The molecule has 0 saturated heterocycles. The van der Waals surface area contributed by atoms with E-state index in [9.17, 15) is 14.4 Å². The second-order valence-corrected chi connectivity index (χ2v) is 6.50. The van der Waals surface area contributed by atoms with Gasteiger partial charge in [0.1, 0.15) is 5.76 Å². The van der Waals surface area contributed by atoms with Gasteiger partial charge in [-0.1, -0.05) is 5.16 Å². The highest BCUT2D eigenvalue weighted by Gasteiger charge is 2.16. The number of hydrogen-bond donors (Lipinski definition) is 2. The number of amides is 3. The van der Waals surface area contributed by atoms with E-state index >= 15 is 0 Å². The lowest BCUT2D eigenvalue weighted by molar-refractivity contribution is -0.132. The van der Waals surface area contributed by atoms with Crippen LogP contribution in [-0.2, 0) is 9.59 Å². The van der Waals surface area contributed by atoms with Gasteiger partial charge in [0.15, 0.2) is 5.82 Å². The molecule has 2 N–H and O–H groups in total. The number of aromatic nitrogens is 1. The van der Waals surface area contributed by atoms with Crippen LogP contribution in [0.4, 0.5) is 5.82 Å². The van der Waals surface area contributed by atoms with Gasteiger partial charge in [-0.05, 0) is 26.0 Å². The average molecular weight is 350 g/mol. The van der Waals surface area contributed by atoms with Crippen LogP contribution in [0, 0.1) is 13.8 Å². The second-order valence-electron chi connectivity index (χ2n) is 5.21. The number of rotatable bonds is 6. The van der Waals surface area contributed by atoms with Gasteiger partial charge in [-0.2, -0.15) is 0 Å². The van der Waals surface area contributed by atoms with Gasteiger partial charge in [-0.3, -0.25) is 14.4 Å². The van der Waals surface area contributed by atoms with Gasteiger partial charge in [0, 0.05) is 18.0 Å². The molecule has 0 bridgehead atoms. The fourth-order valence-electron chi connectivity index (χ4n) is 1.85. The highest BCUT2D eigenvalue weighted by molar-refractivity contribution is 7.13.